The fourth-order valence-electron chi connectivity index (χ4n) is 3.49. The van der Waals surface area contributed by atoms with Crippen LogP contribution in [0.5, 0.6) is 0 Å². The maximum Gasteiger partial charge on any atom is 0.308 e. The third kappa shape index (κ3) is 8.72. The number of aliphatic hydroxyl groups excluding tert-OH is 1. The summed E-state index contributed by atoms with van der Waals surface area (Å²) in [5, 5.41) is 11.0. The van der Waals surface area contributed by atoms with Crippen molar-refractivity contribution in [3.05, 3.63) is 108 Å². The molecule has 3 atom stereocenters. The lowest BCUT2D eigenvalue weighted by Gasteiger charge is -2.30. The number of ether oxygens (including phenoxy) is 4. The lowest BCUT2D eigenvalue weighted by molar-refractivity contribution is -0.164. The van der Waals surface area contributed by atoms with Crippen LogP contribution in [-0.4, -0.2) is 43.1 Å². The number of carbonyl (C=O) groups is 1. The van der Waals surface area contributed by atoms with E-state index in [-0.39, 0.29) is 26.2 Å². The van der Waals surface area contributed by atoms with Crippen molar-refractivity contribution >= 4 is 5.97 Å². The number of aliphatic hydroxyl groups is 1. The summed E-state index contributed by atoms with van der Waals surface area (Å²) in [5.74, 6) is -0.441. The second-order valence-electron chi connectivity index (χ2n) is 7.94. The number of benzene rings is 3. The van der Waals surface area contributed by atoms with Gasteiger partial charge in [0.25, 0.3) is 0 Å². The topological polar surface area (TPSA) is 74.2 Å². The van der Waals surface area contributed by atoms with Crippen LogP contribution >= 0.6 is 0 Å². The Morgan fingerprint density at radius 1 is 0.735 bits per heavy atom. The van der Waals surface area contributed by atoms with Crippen molar-refractivity contribution in [1.29, 1.82) is 0 Å². The van der Waals surface area contributed by atoms with E-state index in [0.717, 1.165) is 16.7 Å². The molecule has 180 valence electrons. The van der Waals surface area contributed by atoms with Gasteiger partial charge >= 0.3 is 5.97 Å². The van der Waals surface area contributed by atoms with Gasteiger partial charge in [0.2, 0.25) is 0 Å². The van der Waals surface area contributed by atoms with E-state index in [1.807, 2.05) is 91.0 Å². The number of methoxy groups -OCH3 is 1. The number of esters is 1. The van der Waals surface area contributed by atoms with Gasteiger partial charge in [-0.3, -0.25) is 4.79 Å². The number of hydrogen-bond donors (Lipinski definition) is 1. The molecule has 0 amide bonds. The van der Waals surface area contributed by atoms with Crippen molar-refractivity contribution in [3.8, 4) is 0 Å². The van der Waals surface area contributed by atoms with E-state index in [0.29, 0.717) is 6.61 Å². The highest BCUT2D eigenvalue weighted by atomic mass is 16.6. The molecule has 34 heavy (non-hydrogen) atoms. The first-order valence-corrected chi connectivity index (χ1v) is 11.3. The Balaban J connectivity index is 1.70. The molecule has 0 aliphatic heterocycles. The van der Waals surface area contributed by atoms with Crippen molar-refractivity contribution in [2.75, 3.05) is 13.7 Å². The third-order valence-corrected chi connectivity index (χ3v) is 5.33. The van der Waals surface area contributed by atoms with Crippen LogP contribution in [0.3, 0.4) is 0 Å². The molecule has 0 aliphatic rings. The van der Waals surface area contributed by atoms with E-state index < -0.39 is 24.3 Å². The van der Waals surface area contributed by atoms with Crippen LogP contribution in [0.15, 0.2) is 91.0 Å². The highest BCUT2D eigenvalue weighted by molar-refractivity contribution is 5.69. The number of rotatable bonds is 14. The van der Waals surface area contributed by atoms with E-state index in [2.05, 4.69) is 0 Å². The Morgan fingerprint density at radius 2 is 1.21 bits per heavy atom. The van der Waals surface area contributed by atoms with Crippen LogP contribution in [0, 0.1) is 0 Å². The average Bonchev–Trinajstić information content (AvgIpc) is 2.89. The smallest absolute Gasteiger partial charge is 0.308 e. The lowest BCUT2D eigenvalue weighted by atomic mass is 10.0. The standard InChI is InChI=1S/C28H32O6/c1-31-27(30)17-26(33-19-23-13-7-3-8-14-23)28(34-20-24-15-9-4-10-16-24)25(29)21-32-18-22-11-5-2-6-12-22/h2-16,25-26,28-29H,17-21H2,1H3/t25-,26-,28+/m1/s1. The number of carbonyl (C=O) groups excluding carboxylic acids is 1. The summed E-state index contributed by atoms with van der Waals surface area (Å²) < 4.78 is 22.9. The van der Waals surface area contributed by atoms with Crippen LogP contribution in [-0.2, 0) is 43.6 Å². The highest BCUT2D eigenvalue weighted by Crippen LogP contribution is 2.19. The van der Waals surface area contributed by atoms with Gasteiger partial charge in [-0.25, -0.2) is 0 Å². The maximum absolute atomic E-state index is 12.2. The second kappa shape index (κ2) is 14.3. The van der Waals surface area contributed by atoms with E-state index in [1.165, 1.54) is 7.11 Å². The van der Waals surface area contributed by atoms with Gasteiger partial charge in [0.1, 0.15) is 12.2 Å². The molecule has 0 bridgehead atoms. The summed E-state index contributed by atoms with van der Waals surface area (Å²) in [6, 6.07) is 29.0. The largest absolute Gasteiger partial charge is 0.469 e. The minimum Gasteiger partial charge on any atom is -0.469 e. The summed E-state index contributed by atoms with van der Waals surface area (Å²) in [6.07, 6.45) is -2.61. The zero-order valence-corrected chi connectivity index (χ0v) is 19.4. The van der Waals surface area contributed by atoms with Gasteiger partial charge in [0.15, 0.2) is 0 Å². The van der Waals surface area contributed by atoms with Crippen LogP contribution in [0.25, 0.3) is 0 Å². The summed E-state index contributed by atoms with van der Waals surface area (Å²) in [5.41, 5.74) is 2.90. The summed E-state index contributed by atoms with van der Waals surface area (Å²) in [4.78, 5) is 12.2. The molecule has 0 spiro atoms. The second-order valence-corrected chi connectivity index (χ2v) is 7.94. The number of hydrogen-bond acceptors (Lipinski definition) is 6. The van der Waals surface area contributed by atoms with Gasteiger partial charge in [0.05, 0.1) is 46.1 Å². The molecule has 0 aliphatic carbocycles. The summed E-state index contributed by atoms with van der Waals surface area (Å²) in [7, 11) is 1.33. The van der Waals surface area contributed by atoms with Crippen molar-refractivity contribution in [1.82, 2.24) is 0 Å². The van der Waals surface area contributed by atoms with Gasteiger partial charge < -0.3 is 24.1 Å². The normalized spacial score (nSPS) is 13.7. The van der Waals surface area contributed by atoms with E-state index in [9.17, 15) is 9.90 Å². The molecule has 0 aromatic heterocycles. The van der Waals surface area contributed by atoms with Crippen molar-refractivity contribution in [2.24, 2.45) is 0 Å². The predicted molar refractivity (Wildman–Crippen MR) is 129 cm³/mol. The van der Waals surface area contributed by atoms with Gasteiger partial charge in [-0.15, -0.1) is 0 Å². The Kier molecular flexibility index (Phi) is 10.7. The zero-order valence-electron chi connectivity index (χ0n) is 19.4. The van der Waals surface area contributed by atoms with Crippen molar-refractivity contribution in [3.63, 3.8) is 0 Å². The van der Waals surface area contributed by atoms with Crippen molar-refractivity contribution in [2.45, 2.75) is 44.6 Å². The lowest BCUT2D eigenvalue weighted by Crippen LogP contribution is -2.44. The van der Waals surface area contributed by atoms with Gasteiger partial charge in [-0.1, -0.05) is 91.0 Å². The molecular weight excluding hydrogens is 432 g/mol. The highest BCUT2D eigenvalue weighted by Gasteiger charge is 2.33. The molecule has 6 nitrogen and oxygen atoms in total. The Labute approximate surface area is 201 Å². The van der Waals surface area contributed by atoms with Gasteiger partial charge in [-0.2, -0.15) is 0 Å². The zero-order chi connectivity index (χ0) is 24.0. The molecule has 0 fully saturated rings. The molecule has 3 aromatic carbocycles. The first-order valence-electron chi connectivity index (χ1n) is 11.3. The maximum atomic E-state index is 12.2. The molecule has 1 N–H and O–H groups in total. The molecule has 0 radical (unpaired) electrons. The van der Waals surface area contributed by atoms with Gasteiger partial charge in [-0.05, 0) is 16.7 Å². The Morgan fingerprint density at radius 3 is 1.71 bits per heavy atom. The molecule has 0 unspecified atom stereocenters. The van der Waals surface area contributed by atoms with Crippen LogP contribution in [0.2, 0.25) is 0 Å². The molecule has 0 saturated carbocycles. The van der Waals surface area contributed by atoms with E-state index in [4.69, 9.17) is 18.9 Å². The quantitative estimate of drug-likeness (QED) is 0.359. The van der Waals surface area contributed by atoms with E-state index >= 15 is 0 Å². The molecule has 0 saturated heterocycles. The molecule has 3 rings (SSSR count). The monoisotopic (exact) mass is 464 g/mol. The Hall–Kier alpha value is -3.03. The molecular formula is C28H32O6. The van der Waals surface area contributed by atoms with Crippen LogP contribution < -0.4 is 0 Å². The Bertz CT molecular complexity index is 948. The minimum atomic E-state index is -1.02. The minimum absolute atomic E-state index is 0.0285. The van der Waals surface area contributed by atoms with E-state index in [1.54, 1.807) is 0 Å². The molecule has 3 aromatic rings. The average molecular weight is 465 g/mol. The fourth-order valence-corrected chi connectivity index (χ4v) is 3.49. The fraction of sp³-hybridized carbons (Fsp3) is 0.321. The SMILES string of the molecule is COC(=O)C[C@@H](OCc1ccccc1)[C@@H](OCc1ccccc1)[C@H](O)COCc1ccccc1. The first-order chi connectivity index (χ1) is 16.7. The molecule has 6 heteroatoms. The summed E-state index contributed by atoms with van der Waals surface area (Å²) in [6.45, 7) is 0.912. The summed E-state index contributed by atoms with van der Waals surface area (Å²) >= 11 is 0. The first kappa shape index (κ1) is 25.6. The van der Waals surface area contributed by atoms with Crippen LogP contribution in [0.4, 0.5) is 0 Å². The van der Waals surface area contributed by atoms with Crippen molar-refractivity contribution < 1.29 is 28.8 Å². The van der Waals surface area contributed by atoms with Gasteiger partial charge in [0, 0.05) is 0 Å². The third-order valence-electron chi connectivity index (χ3n) is 5.33. The predicted octanol–water partition coefficient (Wildman–Crippen LogP) is 4.30. The van der Waals surface area contributed by atoms with Crippen LogP contribution in [0.1, 0.15) is 23.1 Å². The molecule has 0 heterocycles.